The number of pyridine rings is 1. The summed E-state index contributed by atoms with van der Waals surface area (Å²) in [4.78, 5) is 4.20. The lowest BCUT2D eigenvalue weighted by Crippen LogP contribution is -2.03. The highest BCUT2D eigenvalue weighted by molar-refractivity contribution is 7.98. The number of nitrogens with one attached hydrogen (secondary N) is 2. The van der Waals surface area contributed by atoms with E-state index in [1.54, 1.807) is 0 Å². The first-order chi connectivity index (χ1) is 8.36. The zero-order valence-electron chi connectivity index (χ0n) is 10.8. The number of nitrogens with zero attached hydrogens (tertiary/aromatic N) is 1. The van der Waals surface area contributed by atoms with Crippen molar-refractivity contribution < 1.29 is 0 Å². The molecule has 96 valence electrons. The Hall–Kier alpha value is -0.900. The third-order valence-electron chi connectivity index (χ3n) is 2.47. The van der Waals surface area contributed by atoms with Gasteiger partial charge in [0.2, 0.25) is 0 Å². The van der Waals surface area contributed by atoms with E-state index in [4.69, 9.17) is 0 Å². The van der Waals surface area contributed by atoms with Crippen molar-refractivity contribution in [2.45, 2.75) is 26.2 Å². The minimum absolute atomic E-state index is 0.930. The van der Waals surface area contributed by atoms with E-state index < -0.39 is 0 Å². The first kappa shape index (κ1) is 14.2. The largest absolute Gasteiger partial charge is 0.384 e. The molecule has 0 atom stereocenters. The number of unbranched alkanes of at least 4 members (excludes halogenated alkanes) is 2. The quantitative estimate of drug-likeness (QED) is 0.661. The minimum Gasteiger partial charge on any atom is -0.384 e. The van der Waals surface area contributed by atoms with Crippen LogP contribution in [-0.2, 0) is 0 Å². The number of thioether (sulfide) groups is 1. The first-order valence-corrected chi connectivity index (χ1v) is 7.68. The molecule has 0 aliphatic heterocycles. The van der Waals surface area contributed by atoms with Gasteiger partial charge in [0.25, 0.3) is 0 Å². The molecule has 0 spiro atoms. The Bertz CT molecular complexity index is 304. The lowest BCUT2D eigenvalue weighted by molar-refractivity contribution is 0.749. The van der Waals surface area contributed by atoms with Gasteiger partial charge in [-0.2, -0.15) is 11.8 Å². The molecule has 0 bridgehead atoms. The summed E-state index contributed by atoms with van der Waals surface area (Å²) in [6.07, 6.45) is 9.74. The molecule has 17 heavy (non-hydrogen) atoms. The molecule has 0 unspecified atom stereocenters. The highest BCUT2D eigenvalue weighted by atomic mass is 32.2. The predicted molar refractivity (Wildman–Crippen MR) is 79.1 cm³/mol. The van der Waals surface area contributed by atoms with E-state index in [0.29, 0.717) is 0 Å². The summed E-state index contributed by atoms with van der Waals surface area (Å²) in [6.45, 7) is 4.05. The van der Waals surface area contributed by atoms with Crippen LogP contribution in [0.5, 0.6) is 0 Å². The van der Waals surface area contributed by atoms with Crippen molar-refractivity contribution in [3.05, 3.63) is 18.5 Å². The molecular formula is C13H23N3S. The summed E-state index contributed by atoms with van der Waals surface area (Å²) < 4.78 is 0. The molecule has 1 rings (SSSR count). The summed E-state index contributed by atoms with van der Waals surface area (Å²) in [7, 11) is 0. The van der Waals surface area contributed by atoms with Crippen LogP contribution < -0.4 is 10.6 Å². The summed E-state index contributed by atoms with van der Waals surface area (Å²) in [5.74, 6) is 1.28. The van der Waals surface area contributed by atoms with Gasteiger partial charge in [0.15, 0.2) is 0 Å². The van der Waals surface area contributed by atoms with Crippen LogP contribution in [0.3, 0.4) is 0 Å². The first-order valence-electron chi connectivity index (χ1n) is 6.28. The molecule has 1 heterocycles. The van der Waals surface area contributed by atoms with Gasteiger partial charge in [0, 0.05) is 13.1 Å². The normalized spacial score (nSPS) is 10.2. The molecule has 0 saturated heterocycles. The fraction of sp³-hybridized carbons (Fsp3) is 0.615. The van der Waals surface area contributed by atoms with Crippen LogP contribution >= 0.6 is 11.8 Å². The van der Waals surface area contributed by atoms with Gasteiger partial charge < -0.3 is 10.6 Å². The van der Waals surface area contributed by atoms with E-state index in [2.05, 4.69) is 34.9 Å². The SMILES string of the molecule is CCNc1cncc(NCCCCCSC)c1. The lowest BCUT2D eigenvalue weighted by Gasteiger charge is -2.08. The Balaban J connectivity index is 2.19. The van der Waals surface area contributed by atoms with Gasteiger partial charge in [-0.3, -0.25) is 4.98 Å². The third kappa shape index (κ3) is 6.41. The second-order valence-electron chi connectivity index (χ2n) is 3.97. The summed E-state index contributed by atoms with van der Waals surface area (Å²) >= 11 is 1.92. The molecule has 2 N–H and O–H groups in total. The zero-order chi connectivity index (χ0) is 12.3. The van der Waals surface area contributed by atoms with Crippen molar-refractivity contribution in [2.75, 3.05) is 35.7 Å². The maximum absolute atomic E-state index is 4.20. The number of rotatable bonds is 9. The zero-order valence-corrected chi connectivity index (χ0v) is 11.6. The van der Waals surface area contributed by atoms with Gasteiger partial charge >= 0.3 is 0 Å². The number of anilines is 2. The van der Waals surface area contributed by atoms with E-state index >= 15 is 0 Å². The Morgan fingerprint density at radius 3 is 2.59 bits per heavy atom. The fourth-order valence-electron chi connectivity index (χ4n) is 1.62. The summed E-state index contributed by atoms with van der Waals surface area (Å²) in [6, 6.07) is 2.11. The molecule has 1 aromatic rings. The maximum Gasteiger partial charge on any atom is 0.0547 e. The van der Waals surface area contributed by atoms with Crippen LogP contribution in [0.2, 0.25) is 0 Å². The molecule has 0 saturated carbocycles. The average molecular weight is 253 g/mol. The second kappa shape index (κ2) is 9.16. The Kier molecular flexibility index (Phi) is 7.63. The van der Waals surface area contributed by atoms with Gasteiger partial charge in [-0.05, 0) is 37.8 Å². The molecule has 0 aliphatic rings. The van der Waals surface area contributed by atoms with Gasteiger partial charge in [-0.1, -0.05) is 6.42 Å². The van der Waals surface area contributed by atoms with Crippen LogP contribution in [0, 0.1) is 0 Å². The highest BCUT2D eigenvalue weighted by Gasteiger charge is 1.95. The van der Waals surface area contributed by atoms with Crippen LogP contribution in [0.1, 0.15) is 26.2 Å². The van der Waals surface area contributed by atoms with E-state index in [1.807, 2.05) is 24.2 Å². The monoisotopic (exact) mass is 253 g/mol. The van der Waals surface area contributed by atoms with E-state index in [1.165, 1.54) is 25.0 Å². The summed E-state index contributed by atoms with van der Waals surface area (Å²) in [5.41, 5.74) is 2.19. The molecule has 0 radical (unpaired) electrons. The van der Waals surface area contributed by atoms with Crippen molar-refractivity contribution in [1.82, 2.24) is 4.98 Å². The third-order valence-corrected chi connectivity index (χ3v) is 3.17. The lowest BCUT2D eigenvalue weighted by atomic mass is 10.2. The Morgan fingerprint density at radius 2 is 1.88 bits per heavy atom. The number of hydrogen-bond donors (Lipinski definition) is 2. The van der Waals surface area contributed by atoms with Crippen molar-refractivity contribution in [1.29, 1.82) is 0 Å². The van der Waals surface area contributed by atoms with Crippen molar-refractivity contribution in [3.63, 3.8) is 0 Å². The van der Waals surface area contributed by atoms with Crippen molar-refractivity contribution in [2.24, 2.45) is 0 Å². The summed E-state index contributed by atoms with van der Waals surface area (Å²) in [5, 5.41) is 6.67. The van der Waals surface area contributed by atoms with Gasteiger partial charge in [0.1, 0.15) is 0 Å². The van der Waals surface area contributed by atoms with E-state index in [9.17, 15) is 0 Å². The van der Waals surface area contributed by atoms with Crippen LogP contribution in [0.4, 0.5) is 11.4 Å². The van der Waals surface area contributed by atoms with E-state index in [-0.39, 0.29) is 0 Å². The van der Waals surface area contributed by atoms with Gasteiger partial charge in [0.05, 0.1) is 23.8 Å². The molecule has 0 fully saturated rings. The van der Waals surface area contributed by atoms with Crippen LogP contribution in [0.25, 0.3) is 0 Å². The standard InChI is InChI=1S/C13H23N3S/c1-3-15-12-9-13(11-14-10-12)16-7-5-4-6-8-17-2/h9-11,15-16H,3-8H2,1-2H3. The maximum atomic E-state index is 4.20. The predicted octanol–water partition coefficient (Wildman–Crippen LogP) is 3.46. The van der Waals surface area contributed by atoms with Gasteiger partial charge in [-0.25, -0.2) is 0 Å². The molecule has 0 aliphatic carbocycles. The minimum atomic E-state index is 0.930. The molecule has 4 heteroatoms. The number of aromatic nitrogens is 1. The molecule has 0 aromatic carbocycles. The molecular weight excluding hydrogens is 230 g/mol. The Labute approximate surface area is 109 Å². The highest BCUT2D eigenvalue weighted by Crippen LogP contribution is 2.12. The number of hydrogen-bond acceptors (Lipinski definition) is 4. The van der Waals surface area contributed by atoms with Crippen molar-refractivity contribution >= 4 is 23.1 Å². The topological polar surface area (TPSA) is 37.0 Å². The Morgan fingerprint density at radius 1 is 1.12 bits per heavy atom. The molecule has 0 amide bonds. The fourth-order valence-corrected chi connectivity index (χ4v) is 2.11. The average Bonchev–Trinajstić information content (AvgIpc) is 2.35. The van der Waals surface area contributed by atoms with E-state index in [0.717, 1.165) is 24.5 Å². The molecule has 1 aromatic heterocycles. The smallest absolute Gasteiger partial charge is 0.0547 e. The van der Waals surface area contributed by atoms with Crippen LogP contribution in [-0.4, -0.2) is 30.1 Å². The van der Waals surface area contributed by atoms with Crippen molar-refractivity contribution in [3.8, 4) is 0 Å². The molecule has 3 nitrogen and oxygen atoms in total. The second-order valence-corrected chi connectivity index (χ2v) is 4.96. The van der Waals surface area contributed by atoms with Gasteiger partial charge in [-0.15, -0.1) is 0 Å². The van der Waals surface area contributed by atoms with Crippen LogP contribution in [0.15, 0.2) is 18.5 Å².